The van der Waals surface area contributed by atoms with Crippen LogP contribution in [0.15, 0.2) is 42.7 Å². The van der Waals surface area contributed by atoms with Crippen LogP contribution in [0.1, 0.15) is 33.6 Å². The highest BCUT2D eigenvalue weighted by atomic mass is 16.6. The minimum absolute atomic E-state index is 0.227. The van der Waals surface area contributed by atoms with E-state index in [0.717, 1.165) is 5.69 Å². The minimum Gasteiger partial charge on any atom is -0.444 e. The molecule has 1 aromatic rings. The van der Waals surface area contributed by atoms with Crippen LogP contribution in [-0.2, 0) is 9.53 Å². The Kier molecular flexibility index (Phi) is 7.94. The van der Waals surface area contributed by atoms with Crippen molar-refractivity contribution in [3.05, 3.63) is 42.7 Å². The summed E-state index contributed by atoms with van der Waals surface area (Å²) < 4.78 is 5.19. The molecule has 0 unspecified atom stereocenters. The van der Waals surface area contributed by atoms with Gasteiger partial charge < -0.3 is 15.4 Å². The van der Waals surface area contributed by atoms with E-state index in [1.165, 1.54) is 11.2 Å². The molecule has 0 saturated carbocycles. The van der Waals surface area contributed by atoms with Gasteiger partial charge in [0.2, 0.25) is 0 Å². The number of Topliss-reactive ketones (excluding diaryl/α,β-unsaturated/α-hetero) is 1. The second kappa shape index (κ2) is 9.68. The SMILES string of the molecule is CC(C)(C)OC(=O)N1CCC(=O)CC1.N/C=C\N(N)c1ccccc1. The number of hydrazine groups is 1. The molecular formula is C18H28N4O3. The number of carbonyl (C=O) groups is 2. The molecule has 7 nitrogen and oxygen atoms in total. The first-order chi connectivity index (χ1) is 11.7. The molecule has 1 aliphatic heterocycles. The van der Waals surface area contributed by atoms with Crippen LogP contribution >= 0.6 is 0 Å². The second-order valence-electron chi connectivity index (χ2n) is 6.59. The maximum absolute atomic E-state index is 11.5. The van der Waals surface area contributed by atoms with Crippen LogP contribution < -0.4 is 16.6 Å². The van der Waals surface area contributed by atoms with Crippen LogP contribution in [-0.4, -0.2) is 35.5 Å². The molecule has 4 N–H and O–H groups in total. The zero-order valence-corrected chi connectivity index (χ0v) is 15.1. The van der Waals surface area contributed by atoms with Crippen molar-refractivity contribution in [2.75, 3.05) is 18.1 Å². The number of amides is 1. The molecule has 1 aromatic carbocycles. The van der Waals surface area contributed by atoms with Crippen molar-refractivity contribution in [2.24, 2.45) is 11.6 Å². The van der Waals surface area contributed by atoms with E-state index >= 15 is 0 Å². The molecule has 1 amide bonds. The molecule has 25 heavy (non-hydrogen) atoms. The molecule has 1 heterocycles. The average molecular weight is 348 g/mol. The van der Waals surface area contributed by atoms with Gasteiger partial charge in [-0.15, -0.1) is 0 Å². The topological polar surface area (TPSA) is 102 Å². The first-order valence-corrected chi connectivity index (χ1v) is 8.20. The molecule has 0 spiro atoms. The fourth-order valence-corrected chi connectivity index (χ4v) is 2.04. The number of benzene rings is 1. The Morgan fingerprint density at radius 2 is 1.76 bits per heavy atom. The summed E-state index contributed by atoms with van der Waals surface area (Å²) in [6.45, 7) is 6.49. The minimum atomic E-state index is -0.460. The van der Waals surface area contributed by atoms with Crippen molar-refractivity contribution >= 4 is 17.6 Å². The molecule has 1 fully saturated rings. The first-order valence-electron chi connectivity index (χ1n) is 8.20. The Bertz CT molecular complexity index is 572. The van der Waals surface area contributed by atoms with E-state index in [9.17, 15) is 9.59 Å². The van der Waals surface area contributed by atoms with Crippen LogP contribution in [0.4, 0.5) is 10.5 Å². The lowest BCUT2D eigenvalue weighted by molar-refractivity contribution is -0.121. The summed E-state index contributed by atoms with van der Waals surface area (Å²) in [7, 11) is 0. The van der Waals surface area contributed by atoms with E-state index in [0.29, 0.717) is 25.9 Å². The fraction of sp³-hybridized carbons (Fsp3) is 0.444. The van der Waals surface area contributed by atoms with Crippen LogP contribution in [0, 0.1) is 0 Å². The quantitative estimate of drug-likeness (QED) is 0.628. The van der Waals surface area contributed by atoms with Gasteiger partial charge in [-0.05, 0) is 32.9 Å². The van der Waals surface area contributed by atoms with Gasteiger partial charge >= 0.3 is 6.09 Å². The van der Waals surface area contributed by atoms with E-state index in [1.807, 2.05) is 51.1 Å². The number of piperidine rings is 1. The number of rotatable bonds is 2. The number of carbonyl (C=O) groups excluding carboxylic acids is 2. The molecule has 0 bridgehead atoms. The Morgan fingerprint density at radius 3 is 2.24 bits per heavy atom. The highest BCUT2D eigenvalue weighted by molar-refractivity contribution is 5.81. The average Bonchev–Trinajstić information content (AvgIpc) is 2.55. The lowest BCUT2D eigenvalue weighted by Gasteiger charge is -2.29. The van der Waals surface area contributed by atoms with Crippen LogP contribution in [0.5, 0.6) is 0 Å². The van der Waals surface area contributed by atoms with Crippen molar-refractivity contribution in [1.82, 2.24) is 4.90 Å². The van der Waals surface area contributed by atoms with Gasteiger partial charge in [0.25, 0.3) is 0 Å². The molecule has 0 aliphatic carbocycles. The van der Waals surface area contributed by atoms with Gasteiger partial charge in [-0.3, -0.25) is 9.80 Å². The van der Waals surface area contributed by atoms with Gasteiger partial charge in [0.15, 0.2) is 0 Å². The van der Waals surface area contributed by atoms with Gasteiger partial charge in [-0.25, -0.2) is 10.6 Å². The zero-order chi connectivity index (χ0) is 18.9. The van der Waals surface area contributed by atoms with Gasteiger partial charge in [0.1, 0.15) is 11.4 Å². The van der Waals surface area contributed by atoms with E-state index in [2.05, 4.69) is 0 Å². The second-order valence-corrected chi connectivity index (χ2v) is 6.59. The highest BCUT2D eigenvalue weighted by Gasteiger charge is 2.25. The Balaban J connectivity index is 0.000000257. The summed E-state index contributed by atoms with van der Waals surface area (Å²) in [4.78, 5) is 24.0. The third kappa shape index (κ3) is 8.21. The third-order valence-electron chi connectivity index (χ3n) is 3.27. The summed E-state index contributed by atoms with van der Waals surface area (Å²) in [5.74, 6) is 5.80. The van der Waals surface area contributed by atoms with E-state index < -0.39 is 5.60 Å². The highest BCUT2D eigenvalue weighted by Crippen LogP contribution is 2.13. The zero-order valence-electron chi connectivity index (χ0n) is 15.1. The van der Waals surface area contributed by atoms with E-state index in [1.54, 1.807) is 11.1 Å². The fourth-order valence-electron chi connectivity index (χ4n) is 2.04. The predicted molar refractivity (Wildman–Crippen MR) is 98.5 cm³/mol. The number of para-hydroxylation sites is 1. The Morgan fingerprint density at radius 1 is 1.20 bits per heavy atom. The lowest BCUT2D eigenvalue weighted by atomic mass is 10.1. The standard InChI is InChI=1S/C10H17NO3.C8H11N3/c1-10(2,3)14-9(13)11-6-4-8(12)5-7-11;9-6-7-11(10)8-4-2-1-3-5-8/h4-7H2,1-3H3;1-7H,9-10H2/b;7-6-. The lowest BCUT2D eigenvalue weighted by Crippen LogP contribution is -2.41. The predicted octanol–water partition coefficient (Wildman–Crippen LogP) is 2.38. The van der Waals surface area contributed by atoms with Crippen LogP contribution in [0.3, 0.4) is 0 Å². The number of ketones is 1. The summed E-state index contributed by atoms with van der Waals surface area (Å²) in [5.41, 5.74) is 5.62. The number of ether oxygens (including phenoxy) is 1. The summed E-state index contributed by atoms with van der Waals surface area (Å²) in [6, 6.07) is 9.57. The Hall–Kier alpha value is -2.54. The van der Waals surface area contributed by atoms with Crippen molar-refractivity contribution in [1.29, 1.82) is 0 Å². The molecular weight excluding hydrogens is 320 g/mol. The monoisotopic (exact) mass is 348 g/mol. The largest absolute Gasteiger partial charge is 0.444 e. The van der Waals surface area contributed by atoms with Gasteiger partial charge in [0, 0.05) is 38.3 Å². The number of hydrogen-bond donors (Lipinski definition) is 2. The number of nitrogens with two attached hydrogens (primary N) is 2. The molecule has 0 aromatic heterocycles. The third-order valence-corrected chi connectivity index (χ3v) is 3.27. The molecule has 7 heteroatoms. The molecule has 138 valence electrons. The van der Waals surface area contributed by atoms with E-state index in [-0.39, 0.29) is 11.9 Å². The molecule has 1 saturated heterocycles. The van der Waals surface area contributed by atoms with E-state index in [4.69, 9.17) is 16.3 Å². The first kappa shape index (κ1) is 20.5. The van der Waals surface area contributed by atoms with Crippen molar-refractivity contribution in [3.63, 3.8) is 0 Å². The van der Waals surface area contributed by atoms with Crippen LogP contribution in [0.2, 0.25) is 0 Å². The molecule has 1 aliphatic rings. The summed E-state index contributed by atoms with van der Waals surface area (Å²) >= 11 is 0. The van der Waals surface area contributed by atoms with Crippen LogP contribution in [0.25, 0.3) is 0 Å². The maximum Gasteiger partial charge on any atom is 0.410 e. The van der Waals surface area contributed by atoms with Gasteiger partial charge in [-0.2, -0.15) is 0 Å². The molecule has 0 radical (unpaired) electrons. The Labute approximate surface area is 149 Å². The number of anilines is 1. The van der Waals surface area contributed by atoms with Crippen molar-refractivity contribution < 1.29 is 14.3 Å². The van der Waals surface area contributed by atoms with Crippen molar-refractivity contribution in [3.8, 4) is 0 Å². The summed E-state index contributed by atoms with van der Waals surface area (Å²) in [5, 5.41) is 1.46. The number of hydrogen-bond acceptors (Lipinski definition) is 6. The number of nitrogens with zero attached hydrogens (tertiary/aromatic N) is 2. The number of likely N-dealkylation sites (tertiary alicyclic amines) is 1. The maximum atomic E-state index is 11.5. The summed E-state index contributed by atoms with van der Waals surface area (Å²) in [6.07, 6.45) is 3.59. The molecule has 0 atom stereocenters. The van der Waals surface area contributed by atoms with Crippen molar-refractivity contribution in [2.45, 2.75) is 39.2 Å². The van der Waals surface area contributed by atoms with Gasteiger partial charge in [-0.1, -0.05) is 18.2 Å². The normalized spacial score (nSPS) is 14.7. The smallest absolute Gasteiger partial charge is 0.410 e. The molecule has 2 rings (SSSR count). The van der Waals surface area contributed by atoms with Gasteiger partial charge in [0.05, 0.1) is 5.69 Å².